The van der Waals surface area contributed by atoms with Crippen LogP contribution in [0.1, 0.15) is 219 Å². The third-order valence-electron chi connectivity index (χ3n) is 16.9. The summed E-state index contributed by atoms with van der Waals surface area (Å²) in [5.41, 5.74) is 12.6. The van der Waals surface area contributed by atoms with Crippen molar-refractivity contribution in [2.24, 2.45) is 47.0 Å². The number of carboxylic acids is 2. The van der Waals surface area contributed by atoms with E-state index >= 15 is 0 Å². The molecule has 0 bridgehead atoms. The number of carbonyl (C=O) groups excluding carboxylic acids is 8. The van der Waals surface area contributed by atoms with Gasteiger partial charge in [0.15, 0.2) is 5.78 Å². The van der Waals surface area contributed by atoms with Crippen molar-refractivity contribution >= 4 is 74.5 Å². The Morgan fingerprint density at radius 3 is 1.67 bits per heavy atom. The van der Waals surface area contributed by atoms with E-state index in [1.807, 2.05) is 13.8 Å². The van der Waals surface area contributed by atoms with Gasteiger partial charge in [-0.3, -0.25) is 53.1 Å². The zero-order chi connectivity index (χ0) is 73.1. The van der Waals surface area contributed by atoms with Gasteiger partial charge < -0.3 is 61.7 Å². The maximum absolute atomic E-state index is 14.3. The second-order valence-corrected chi connectivity index (χ2v) is 27.8. The molecule has 6 atom stereocenters. The van der Waals surface area contributed by atoms with Crippen LogP contribution < -0.4 is 27.4 Å². The van der Waals surface area contributed by atoms with Crippen molar-refractivity contribution in [2.45, 2.75) is 226 Å². The van der Waals surface area contributed by atoms with Gasteiger partial charge in [-0.15, -0.1) is 0 Å². The number of aromatic hydroxyl groups is 1. The van der Waals surface area contributed by atoms with Crippen LogP contribution in [0.3, 0.4) is 0 Å². The van der Waals surface area contributed by atoms with Crippen molar-refractivity contribution in [1.29, 1.82) is 5.41 Å². The van der Waals surface area contributed by atoms with Gasteiger partial charge in [0.2, 0.25) is 17.7 Å². The Morgan fingerprint density at radius 1 is 0.541 bits per heavy atom. The molecule has 0 saturated heterocycles. The number of nitrogens with one attached hydrogen (secondary N) is 4. The first-order valence-electron chi connectivity index (χ1n) is 35.3. The summed E-state index contributed by atoms with van der Waals surface area (Å²) < 4.78 is 52.1. The lowest BCUT2D eigenvalue weighted by atomic mass is 9.74. The summed E-state index contributed by atoms with van der Waals surface area (Å²) in [6.07, 6.45) is 15.7. The molecule has 0 aliphatic rings. The largest absolute Gasteiger partial charge is 0.508 e. The van der Waals surface area contributed by atoms with E-state index in [2.05, 4.69) is 22.5 Å². The Balaban J connectivity index is 2.38. The highest BCUT2D eigenvalue weighted by atomic mass is 32.2. The van der Waals surface area contributed by atoms with Crippen molar-refractivity contribution in [2.75, 3.05) is 71.7 Å². The second kappa shape index (κ2) is 54.3. The average Bonchev–Trinajstić information content (AvgIpc) is 0.848. The van der Waals surface area contributed by atoms with Crippen LogP contribution in [-0.4, -0.2) is 170 Å². The van der Waals surface area contributed by atoms with Crippen molar-refractivity contribution in [3.05, 3.63) is 42.1 Å². The lowest BCUT2D eigenvalue weighted by molar-refractivity contribution is -0.144. The molecule has 27 heteroatoms. The number of nitrogens with two attached hydrogens (primary N) is 2. The fraction of sp³-hybridized carbons (Fsp3) is 0.732. The van der Waals surface area contributed by atoms with Crippen LogP contribution in [0, 0.1) is 40.9 Å². The Labute approximate surface area is 581 Å². The van der Waals surface area contributed by atoms with Crippen LogP contribution in [-0.2, 0) is 83.4 Å². The van der Waals surface area contributed by atoms with Crippen molar-refractivity contribution in [3.8, 4) is 5.75 Å². The second-order valence-electron chi connectivity index (χ2n) is 26.2. The lowest BCUT2D eigenvalue weighted by Gasteiger charge is -2.27. The standard InChI is InChI=1S/C71H118N6O20S/c1-51(2)43-60(80)45-55(63(81)46-56(48-68(85)86)69(87)53(4)61(26-17-18-27-65(72)73)64(82)47-57(70(74)88)44-54-28-30-58(78)31-29-54)24-19-20-34-75-67(84)50-97-41-38-94-36-22-25-59(79)49-96-40-39-95-37-35-76-66(83)33-32-62(71(89)90)77-52(3)23-16-14-12-10-8-6-5-7-9-11-13-15-21-42-98(91,92)93/h28-31,51,53,55-57,61-62,77-78H,3,5-27,32-50H2,1-2,4H3,(H3,72,73)(H2,74,88)(H,75,84)(H,76,83)(H,85,86)(H,89,90)(H,91,92,93)/t53?,55-,56-,57-,61-,62+/m1/s1. The summed E-state index contributed by atoms with van der Waals surface area (Å²) in [4.78, 5) is 130. The number of primary amides is 1. The Kier molecular flexibility index (Phi) is 49.6. The molecule has 0 saturated carbocycles. The summed E-state index contributed by atoms with van der Waals surface area (Å²) >= 11 is 0. The maximum Gasteiger partial charge on any atom is 0.326 e. The Bertz CT molecular complexity index is 2680. The normalized spacial score (nSPS) is 13.4. The summed E-state index contributed by atoms with van der Waals surface area (Å²) in [6.45, 7) is 10.4. The predicted octanol–water partition coefficient (Wildman–Crippen LogP) is 8.49. The SMILES string of the molecule is C=C(CCCCCCCCCCCCCCCS(=O)(=O)O)N[C@@H](CCC(=O)NCCOCCOCC(=O)CCCOCCOCC(=O)NCCCC[C@H](CC(=O)CC(C)C)C(=O)C[C@H](CC(=O)O)C(=O)C(C)[C@@H](CCCCC(=N)N)C(=O)C[C@@H](Cc1ccc(O)cc1)C(N)=O)C(=O)O. The number of hydrogen-bond donors (Lipinski definition) is 10. The number of hydrogen-bond acceptors (Lipinski definition) is 19. The first kappa shape index (κ1) is 89.5. The van der Waals surface area contributed by atoms with Crippen LogP contribution in [0.2, 0.25) is 0 Å². The van der Waals surface area contributed by atoms with Crippen LogP contribution >= 0.6 is 0 Å². The molecule has 0 radical (unpaired) electrons. The zero-order valence-corrected chi connectivity index (χ0v) is 59.5. The number of unbranched alkanes of at least 4 members (excludes halogenated alkanes) is 14. The highest BCUT2D eigenvalue weighted by Crippen LogP contribution is 2.31. The van der Waals surface area contributed by atoms with Crippen LogP contribution in [0.25, 0.3) is 0 Å². The van der Waals surface area contributed by atoms with Gasteiger partial charge in [0.05, 0.1) is 51.0 Å². The molecule has 26 nitrogen and oxygen atoms in total. The third-order valence-corrected chi connectivity index (χ3v) is 17.7. The number of carboxylic acid groups (broad SMARTS) is 2. The van der Waals surface area contributed by atoms with Gasteiger partial charge >= 0.3 is 11.9 Å². The van der Waals surface area contributed by atoms with Crippen molar-refractivity contribution < 1.29 is 95.2 Å². The zero-order valence-electron chi connectivity index (χ0n) is 58.6. The molecular formula is C71H118N6O20S. The van der Waals surface area contributed by atoms with Gasteiger partial charge in [0.1, 0.15) is 48.1 Å². The molecule has 12 N–H and O–H groups in total. The highest BCUT2D eigenvalue weighted by Gasteiger charge is 2.38. The number of Topliss-reactive ketones (excluding diaryl/α,β-unsaturated/α-hetero) is 5. The van der Waals surface area contributed by atoms with Crippen LogP contribution in [0.15, 0.2) is 36.5 Å². The van der Waals surface area contributed by atoms with E-state index < -0.39 is 93.8 Å². The first-order chi connectivity index (χ1) is 46.6. The molecule has 1 rings (SSSR count). The molecule has 558 valence electrons. The van der Waals surface area contributed by atoms with Gasteiger partial charge in [-0.1, -0.05) is 123 Å². The molecule has 0 aliphatic carbocycles. The van der Waals surface area contributed by atoms with E-state index in [0.29, 0.717) is 56.2 Å². The molecule has 3 amide bonds. The number of aliphatic carboxylic acids is 2. The number of amidine groups is 1. The Morgan fingerprint density at radius 2 is 1.09 bits per heavy atom. The number of rotatable bonds is 67. The monoisotopic (exact) mass is 1410 g/mol. The molecule has 1 aromatic carbocycles. The average molecular weight is 1410 g/mol. The van der Waals surface area contributed by atoms with Gasteiger partial charge in [-0.25, -0.2) is 4.79 Å². The minimum atomic E-state index is -3.86. The molecule has 0 aliphatic heterocycles. The predicted molar refractivity (Wildman–Crippen MR) is 371 cm³/mol. The van der Waals surface area contributed by atoms with Gasteiger partial charge in [-0.2, -0.15) is 8.42 Å². The Hall–Kier alpha value is -6.52. The fourth-order valence-corrected chi connectivity index (χ4v) is 12.0. The number of ether oxygens (including phenoxy) is 4. The van der Waals surface area contributed by atoms with Crippen molar-refractivity contribution in [1.82, 2.24) is 16.0 Å². The van der Waals surface area contributed by atoms with Crippen LogP contribution in [0.5, 0.6) is 5.75 Å². The fourth-order valence-electron chi connectivity index (χ4n) is 11.4. The highest BCUT2D eigenvalue weighted by molar-refractivity contribution is 7.85. The molecule has 0 fully saturated rings. The molecule has 0 spiro atoms. The van der Waals surface area contributed by atoms with E-state index in [9.17, 15) is 71.7 Å². The number of phenols is 1. The number of amides is 3. The van der Waals surface area contributed by atoms with Crippen molar-refractivity contribution in [3.63, 3.8) is 0 Å². The molecular weight excluding hydrogens is 1290 g/mol. The molecule has 98 heavy (non-hydrogen) atoms. The minimum Gasteiger partial charge on any atom is -0.508 e. The van der Waals surface area contributed by atoms with Crippen LogP contribution in [0.4, 0.5) is 0 Å². The summed E-state index contributed by atoms with van der Waals surface area (Å²) in [7, 11) is -3.86. The molecule has 0 heterocycles. The maximum atomic E-state index is 14.3. The van der Waals surface area contributed by atoms with Gasteiger partial charge in [0.25, 0.3) is 10.1 Å². The van der Waals surface area contributed by atoms with Gasteiger partial charge in [-0.05, 0) is 87.8 Å². The molecule has 1 aromatic rings. The van der Waals surface area contributed by atoms with Gasteiger partial charge in [0, 0.05) is 99.9 Å². The van der Waals surface area contributed by atoms with E-state index in [1.165, 1.54) is 38.3 Å². The third kappa shape index (κ3) is 48.3. The number of allylic oxidation sites excluding steroid dienone is 1. The number of benzene rings is 1. The van der Waals surface area contributed by atoms with E-state index in [0.717, 1.165) is 57.8 Å². The number of carbonyl (C=O) groups is 10. The molecule has 0 aromatic heterocycles. The topological polar surface area (TPSA) is 435 Å². The quantitative estimate of drug-likeness (QED) is 0.0126. The van der Waals surface area contributed by atoms with E-state index in [-0.39, 0.29) is 177 Å². The minimum absolute atomic E-state index is 0.00296. The number of phenolic OH excluding ortho intramolecular Hbond substituents is 1. The molecule has 1 unspecified atom stereocenters. The van der Waals surface area contributed by atoms with E-state index in [1.54, 1.807) is 12.1 Å². The first-order valence-corrected chi connectivity index (χ1v) is 36.9. The number of ketones is 5. The lowest BCUT2D eigenvalue weighted by Crippen LogP contribution is -2.37. The van der Waals surface area contributed by atoms with E-state index in [4.69, 9.17) is 40.4 Å². The summed E-state index contributed by atoms with van der Waals surface area (Å²) in [5, 5.41) is 45.4. The summed E-state index contributed by atoms with van der Waals surface area (Å²) in [6, 6.07) is 5.13. The smallest absolute Gasteiger partial charge is 0.326 e. The summed E-state index contributed by atoms with van der Waals surface area (Å²) in [5.74, 6) is -11.0.